The zero-order valence-electron chi connectivity index (χ0n) is 19.1. The Hall–Kier alpha value is -2.87. The fourth-order valence-corrected chi connectivity index (χ4v) is 5.02. The van der Waals surface area contributed by atoms with Crippen molar-refractivity contribution >= 4 is 21.7 Å². The van der Waals surface area contributed by atoms with Crippen LogP contribution in [0.3, 0.4) is 0 Å². The molecule has 0 N–H and O–H groups in total. The molecule has 2 nitrogen and oxygen atoms in total. The van der Waals surface area contributed by atoms with Crippen LogP contribution in [0, 0.1) is 26.2 Å². The number of pyridine rings is 1. The second-order valence-electron chi connectivity index (χ2n) is 10.2. The first-order valence-electron chi connectivity index (χ1n) is 10.8. The Morgan fingerprint density at radius 2 is 1.70 bits per heavy atom. The van der Waals surface area contributed by atoms with Crippen molar-refractivity contribution in [2.75, 3.05) is 0 Å². The Labute approximate surface area is 179 Å². The molecule has 0 unspecified atom stereocenters. The third kappa shape index (κ3) is 2.81. The van der Waals surface area contributed by atoms with Gasteiger partial charge in [0.05, 0.1) is 10.9 Å². The lowest BCUT2D eigenvalue weighted by atomic mass is 9.86. The molecule has 0 amide bonds. The molecule has 0 bridgehead atoms. The maximum absolute atomic E-state index is 6.58. The van der Waals surface area contributed by atoms with Gasteiger partial charge in [-0.05, 0) is 66.3 Å². The van der Waals surface area contributed by atoms with Gasteiger partial charge in [-0.1, -0.05) is 45.0 Å². The fourth-order valence-electron chi connectivity index (χ4n) is 5.02. The van der Waals surface area contributed by atoms with Crippen LogP contribution in [0.4, 0.5) is 0 Å². The molecule has 1 aliphatic heterocycles. The summed E-state index contributed by atoms with van der Waals surface area (Å²) in [4.78, 5) is 0. The van der Waals surface area contributed by atoms with Crippen LogP contribution in [0.2, 0.25) is 0 Å². The number of rotatable bonds is 1. The SMILES string of the molecule is Cc1cc2c3c(c(C)c(C)cc3c1)-c1c(cc3c(CC(C)(C)C)cccc3[n+]1C)O2. The highest BCUT2D eigenvalue weighted by Crippen LogP contribution is 2.48. The van der Waals surface area contributed by atoms with Gasteiger partial charge in [0, 0.05) is 17.5 Å². The summed E-state index contributed by atoms with van der Waals surface area (Å²) < 4.78 is 8.91. The standard InChI is InChI=1S/C28H30NO/c1-16-11-20-13-17(2)18(3)25-26(20)23(12-16)30-24-14-21-19(15-28(4,5)6)9-8-10-22(21)29(7)27(24)25/h8-14H,15H2,1-7H3/q+1. The lowest BCUT2D eigenvalue weighted by Gasteiger charge is -2.24. The molecule has 2 heteroatoms. The largest absolute Gasteiger partial charge is 0.450 e. The Kier molecular flexibility index (Phi) is 4.02. The van der Waals surface area contributed by atoms with Crippen molar-refractivity contribution in [3.05, 3.63) is 64.7 Å². The second-order valence-corrected chi connectivity index (χ2v) is 10.2. The first-order valence-corrected chi connectivity index (χ1v) is 10.8. The van der Waals surface area contributed by atoms with E-state index in [1.807, 2.05) is 0 Å². The molecule has 1 aromatic heterocycles. The molecule has 0 fully saturated rings. The average molecular weight is 397 g/mol. The first kappa shape index (κ1) is 19.1. The molecule has 1 aliphatic rings. The number of aryl methyl sites for hydroxylation is 3. The van der Waals surface area contributed by atoms with Crippen molar-refractivity contribution in [1.29, 1.82) is 0 Å². The van der Waals surface area contributed by atoms with E-state index in [0.29, 0.717) is 0 Å². The normalized spacial score (nSPS) is 12.9. The topological polar surface area (TPSA) is 13.1 Å². The molecule has 4 aromatic rings. The molecule has 2 heterocycles. The average Bonchev–Trinajstić information content (AvgIpc) is 2.64. The first-order chi connectivity index (χ1) is 14.1. The van der Waals surface area contributed by atoms with E-state index in [-0.39, 0.29) is 5.41 Å². The lowest BCUT2D eigenvalue weighted by molar-refractivity contribution is -0.633. The fraction of sp³-hybridized carbons (Fsp3) is 0.321. The van der Waals surface area contributed by atoms with Gasteiger partial charge < -0.3 is 4.74 Å². The minimum atomic E-state index is 0.229. The van der Waals surface area contributed by atoms with E-state index in [2.05, 4.69) is 95.6 Å². The van der Waals surface area contributed by atoms with Gasteiger partial charge in [0.25, 0.3) is 5.69 Å². The third-order valence-corrected chi connectivity index (χ3v) is 6.42. The summed E-state index contributed by atoms with van der Waals surface area (Å²) >= 11 is 0. The molecule has 152 valence electrons. The summed E-state index contributed by atoms with van der Waals surface area (Å²) in [6.45, 7) is 13.5. The molecule has 0 spiro atoms. The zero-order chi connectivity index (χ0) is 21.4. The summed E-state index contributed by atoms with van der Waals surface area (Å²) in [7, 11) is 2.18. The summed E-state index contributed by atoms with van der Waals surface area (Å²) in [5.41, 5.74) is 9.24. The van der Waals surface area contributed by atoms with Gasteiger partial charge in [-0.25, -0.2) is 0 Å². The second kappa shape index (κ2) is 6.31. The van der Waals surface area contributed by atoms with Gasteiger partial charge in [-0.15, -0.1) is 0 Å². The quantitative estimate of drug-likeness (QED) is 0.275. The van der Waals surface area contributed by atoms with E-state index >= 15 is 0 Å². The molecule has 0 saturated carbocycles. The molecule has 0 saturated heterocycles. The highest BCUT2D eigenvalue weighted by Gasteiger charge is 2.32. The van der Waals surface area contributed by atoms with E-state index in [4.69, 9.17) is 4.74 Å². The highest BCUT2D eigenvalue weighted by atomic mass is 16.5. The number of nitrogens with zero attached hydrogens (tertiary/aromatic N) is 1. The van der Waals surface area contributed by atoms with Gasteiger partial charge in [-0.2, -0.15) is 4.57 Å². The van der Waals surface area contributed by atoms with Crippen molar-refractivity contribution in [3.8, 4) is 22.8 Å². The molecule has 0 atom stereocenters. The zero-order valence-corrected chi connectivity index (χ0v) is 19.1. The van der Waals surface area contributed by atoms with E-state index < -0.39 is 0 Å². The molecule has 3 aromatic carbocycles. The Balaban J connectivity index is 1.90. The van der Waals surface area contributed by atoms with Crippen molar-refractivity contribution in [2.45, 2.75) is 48.0 Å². The van der Waals surface area contributed by atoms with Gasteiger partial charge in [0.15, 0.2) is 5.75 Å². The van der Waals surface area contributed by atoms with Crippen LogP contribution >= 0.6 is 0 Å². The van der Waals surface area contributed by atoms with Gasteiger partial charge >= 0.3 is 0 Å². The summed E-state index contributed by atoms with van der Waals surface area (Å²) in [6.07, 6.45) is 1.03. The van der Waals surface area contributed by atoms with Crippen LogP contribution in [0.15, 0.2) is 42.5 Å². The Morgan fingerprint density at radius 1 is 0.933 bits per heavy atom. The van der Waals surface area contributed by atoms with Gasteiger partial charge in [-0.3, -0.25) is 0 Å². The van der Waals surface area contributed by atoms with E-state index in [0.717, 1.165) is 17.9 Å². The molecule has 30 heavy (non-hydrogen) atoms. The molecular weight excluding hydrogens is 366 g/mol. The van der Waals surface area contributed by atoms with Crippen molar-refractivity contribution in [1.82, 2.24) is 0 Å². The molecule has 0 radical (unpaired) electrons. The van der Waals surface area contributed by atoms with Gasteiger partial charge in [0.1, 0.15) is 12.8 Å². The van der Waals surface area contributed by atoms with Gasteiger partial charge in [0.2, 0.25) is 5.52 Å². The van der Waals surface area contributed by atoms with Crippen LogP contribution in [-0.2, 0) is 13.5 Å². The smallest absolute Gasteiger partial charge is 0.256 e. The van der Waals surface area contributed by atoms with Crippen LogP contribution < -0.4 is 9.30 Å². The summed E-state index contributed by atoms with van der Waals surface area (Å²) in [6, 6.07) is 15.7. The maximum atomic E-state index is 6.58. The predicted octanol–water partition coefficient (Wildman–Crippen LogP) is 7.10. The molecule has 0 aliphatic carbocycles. The van der Waals surface area contributed by atoms with Crippen LogP contribution in [0.1, 0.15) is 43.0 Å². The van der Waals surface area contributed by atoms with E-state index in [1.54, 1.807) is 0 Å². The predicted molar refractivity (Wildman–Crippen MR) is 126 cm³/mol. The number of ether oxygens (including phenoxy) is 1. The number of aromatic nitrogens is 1. The summed E-state index contributed by atoms with van der Waals surface area (Å²) in [5.74, 6) is 1.93. The molecule has 5 rings (SSSR count). The number of fused-ring (bicyclic) bond motifs is 3. The van der Waals surface area contributed by atoms with E-state index in [9.17, 15) is 0 Å². The maximum Gasteiger partial charge on any atom is 0.256 e. The lowest BCUT2D eigenvalue weighted by Crippen LogP contribution is -2.34. The van der Waals surface area contributed by atoms with Crippen LogP contribution in [0.5, 0.6) is 11.5 Å². The number of hydrogen-bond acceptors (Lipinski definition) is 1. The molecular formula is C28H30NO+. The third-order valence-electron chi connectivity index (χ3n) is 6.42. The van der Waals surface area contributed by atoms with Crippen molar-refractivity contribution in [2.24, 2.45) is 12.5 Å². The van der Waals surface area contributed by atoms with Crippen molar-refractivity contribution < 1.29 is 9.30 Å². The monoisotopic (exact) mass is 396 g/mol. The number of benzene rings is 3. The van der Waals surface area contributed by atoms with Crippen LogP contribution in [-0.4, -0.2) is 0 Å². The Morgan fingerprint density at radius 3 is 2.43 bits per heavy atom. The van der Waals surface area contributed by atoms with E-state index in [1.165, 1.54) is 55.2 Å². The summed E-state index contributed by atoms with van der Waals surface area (Å²) in [5, 5.41) is 3.78. The minimum absolute atomic E-state index is 0.229. The van der Waals surface area contributed by atoms with Crippen LogP contribution in [0.25, 0.3) is 32.9 Å². The minimum Gasteiger partial charge on any atom is -0.450 e. The number of hydrogen-bond donors (Lipinski definition) is 0. The highest BCUT2D eigenvalue weighted by molar-refractivity contribution is 6.05. The Bertz CT molecular complexity index is 1360. The van der Waals surface area contributed by atoms with Crippen molar-refractivity contribution in [3.63, 3.8) is 0 Å².